The average Bonchev–Trinajstić information content (AvgIpc) is 2.62. The molecule has 1 aromatic heterocycles. The Hall–Kier alpha value is -1.03. The first-order valence-corrected chi connectivity index (χ1v) is 4.95. The Morgan fingerprint density at radius 3 is 3.00 bits per heavy atom. The number of methoxy groups -OCH3 is 1. The molecule has 13 heavy (non-hydrogen) atoms. The van der Waals surface area contributed by atoms with Crippen LogP contribution >= 0.6 is 11.3 Å². The second-order valence-corrected chi connectivity index (χ2v) is 3.40. The van der Waals surface area contributed by atoms with Crippen molar-refractivity contribution in [3.63, 3.8) is 0 Å². The summed E-state index contributed by atoms with van der Waals surface area (Å²) in [6.07, 6.45) is 0.962. The van der Waals surface area contributed by atoms with E-state index in [0.29, 0.717) is 11.5 Å². The van der Waals surface area contributed by atoms with Gasteiger partial charge in [0.2, 0.25) is 0 Å². The van der Waals surface area contributed by atoms with Crippen molar-refractivity contribution in [1.82, 2.24) is 0 Å². The maximum absolute atomic E-state index is 11.0. The largest absolute Gasteiger partial charge is 0.493 e. The molecule has 0 saturated heterocycles. The van der Waals surface area contributed by atoms with Crippen LogP contribution in [0, 0.1) is 0 Å². The Bertz CT molecular complexity index is 280. The molecule has 0 saturated carbocycles. The first-order chi connectivity index (χ1) is 6.27. The summed E-state index contributed by atoms with van der Waals surface area (Å²) in [7, 11) is 1.37. The van der Waals surface area contributed by atoms with E-state index in [9.17, 15) is 4.79 Å². The normalized spacial score (nSPS) is 9.69. The minimum absolute atomic E-state index is 0.309. The highest BCUT2D eigenvalue weighted by molar-refractivity contribution is 7.12. The van der Waals surface area contributed by atoms with Crippen LogP contribution in [0.5, 0.6) is 5.75 Å². The Kier molecular flexibility index (Phi) is 3.76. The molecule has 0 unspecified atom stereocenters. The Morgan fingerprint density at radius 1 is 1.62 bits per heavy atom. The number of rotatable bonds is 4. The highest BCUT2D eigenvalue weighted by atomic mass is 32.1. The van der Waals surface area contributed by atoms with E-state index in [2.05, 4.69) is 4.74 Å². The van der Waals surface area contributed by atoms with Crippen LogP contribution < -0.4 is 4.74 Å². The molecule has 72 valence electrons. The van der Waals surface area contributed by atoms with Crippen molar-refractivity contribution in [3.8, 4) is 5.75 Å². The summed E-state index contributed by atoms with van der Waals surface area (Å²) in [5, 5.41) is 1.81. The van der Waals surface area contributed by atoms with E-state index in [4.69, 9.17) is 4.74 Å². The monoisotopic (exact) mass is 200 g/mol. The molecule has 0 bridgehead atoms. The molecule has 0 aliphatic carbocycles. The fourth-order valence-electron chi connectivity index (χ4n) is 0.822. The number of carbonyl (C=O) groups is 1. The van der Waals surface area contributed by atoms with Crippen LogP contribution in [0.15, 0.2) is 11.4 Å². The quantitative estimate of drug-likeness (QED) is 0.700. The maximum atomic E-state index is 11.0. The SMILES string of the molecule is CCCOc1csc(C(=O)OC)c1. The van der Waals surface area contributed by atoms with E-state index < -0.39 is 0 Å². The van der Waals surface area contributed by atoms with E-state index in [1.54, 1.807) is 6.07 Å². The standard InChI is InChI=1S/C9H12O3S/c1-3-4-12-7-5-8(13-6-7)9(10)11-2/h5-6H,3-4H2,1-2H3. The van der Waals surface area contributed by atoms with Gasteiger partial charge in [0.1, 0.15) is 10.6 Å². The van der Waals surface area contributed by atoms with Gasteiger partial charge in [-0.1, -0.05) is 6.92 Å². The summed E-state index contributed by atoms with van der Waals surface area (Å²) in [4.78, 5) is 11.6. The molecule has 0 amide bonds. The molecule has 3 nitrogen and oxygen atoms in total. The first-order valence-electron chi connectivity index (χ1n) is 4.07. The Labute approximate surface area is 81.3 Å². The van der Waals surface area contributed by atoms with Gasteiger partial charge in [0, 0.05) is 11.4 Å². The summed E-state index contributed by atoms with van der Waals surface area (Å²) < 4.78 is 9.90. The molecule has 0 fully saturated rings. The maximum Gasteiger partial charge on any atom is 0.348 e. The van der Waals surface area contributed by atoms with Crippen molar-refractivity contribution in [3.05, 3.63) is 16.3 Å². The van der Waals surface area contributed by atoms with Gasteiger partial charge in [0.15, 0.2) is 0 Å². The number of thiophene rings is 1. The van der Waals surface area contributed by atoms with Gasteiger partial charge in [-0.05, 0) is 6.42 Å². The summed E-state index contributed by atoms with van der Waals surface area (Å²) in [5.74, 6) is 0.434. The van der Waals surface area contributed by atoms with E-state index in [0.717, 1.165) is 12.2 Å². The zero-order valence-electron chi connectivity index (χ0n) is 7.70. The van der Waals surface area contributed by atoms with Crippen molar-refractivity contribution in [2.24, 2.45) is 0 Å². The third-order valence-corrected chi connectivity index (χ3v) is 2.32. The first kappa shape index (κ1) is 10.1. The van der Waals surface area contributed by atoms with Crippen molar-refractivity contribution < 1.29 is 14.3 Å². The second kappa shape index (κ2) is 4.87. The van der Waals surface area contributed by atoms with Crippen LogP contribution in [0.25, 0.3) is 0 Å². The molecular weight excluding hydrogens is 188 g/mol. The predicted molar refractivity (Wildman–Crippen MR) is 51.4 cm³/mol. The number of hydrogen-bond donors (Lipinski definition) is 0. The van der Waals surface area contributed by atoms with Crippen molar-refractivity contribution in [1.29, 1.82) is 0 Å². The lowest BCUT2D eigenvalue weighted by atomic mass is 10.4. The minimum Gasteiger partial charge on any atom is -0.493 e. The van der Waals surface area contributed by atoms with E-state index in [1.165, 1.54) is 18.4 Å². The molecule has 0 radical (unpaired) electrons. The highest BCUT2D eigenvalue weighted by Gasteiger charge is 2.08. The fraction of sp³-hybridized carbons (Fsp3) is 0.444. The molecule has 1 aromatic rings. The van der Waals surface area contributed by atoms with Crippen molar-refractivity contribution in [2.45, 2.75) is 13.3 Å². The zero-order valence-corrected chi connectivity index (χ0v) is 8.52. The number of hydrogen-bond acceptors (Lipinski definition) is 4. The van der Waals surface area contributed by atoms with Gasteiger partial charge in [0.05, 0.1) is 13.7 Å². The van der Waals surface area contributed by atoms with E-state index in [1.807, 2.05) is 12.3 Å². The van der Waals surface area contributed by atoms with Crippen molar-refractivity contribution >= 4 is 17.3 Å². The molecular formula is C9H12O3S. The van der Waals surface area contributed by atoms with Crippen LogP contribution in [0.3, 0.4) is 0 Å². The van der Waals surface area contributed by atoms with Gasteiger partial charge in [-0.15, -0.1) is 11.3 Å². The lowest BCUT2D eigenvalue weighted by Crippen LogP contribution is -1.97. The highest BCUT2D eigenvalue weighted by Crippen LogP contribution is 2.22. The molecule has 0 aliphatic heterocycles. The average molecular weight is 200 g/mol. The Balaban J connectivity index is 2.58. The summed E-state index contributed by atoms with van der Waals surface area (Å²) in [6.45, 7) is 2.71. The lowest BCUT2D eigenvalue weighted by Gasteiger charge is -1.98. The van der Waals surface area contributed by atoms with E-state index in [-0.39, 0.29) is 5.97 Å². The molecule has 0 N–H and O–H groups in total. The molecule has 1 heterocycles. The van der Waals surface area contributed by atoms with Crippen LogP contribution in [-0.4, -0.2) is 19.7 Å². The third-order valence-electron chi connectivity index (χ3n) is 1.43. The second-order valence-electron chi connectivity index (χ2n) is 2.49. The van der Waals surface area contributed by atoms with Gasteiger partial charge < -0.3 is 9.47 Å². The topological polar surface area (TPSA) is 35.5 Å². The van der Waals surface area contributed by atoms with Gasteiger partial charge in [-0.25, -0.2) is 4.79 Å². The third kappa shape index (κ3) is 2.73. The predicted octanol–water partition coefficient (Wildman–Crippen LogP) is 2.32. The molecule has 0 atom stereocenters. The van der Waals surface area contributed by atoms with Gasteiger partial charge in [-0.2, -0.15) is 0 Å². The molecule has 0 spiro atoms. The van der Waals surface area contributed by atoms with Crippen LogP contribution in [0.2, 0.25) is 0 Å². The Morgan fingerprint density at radius 2 is 2.38 bits per heavy atom. The number of carbonyl (C=O) groups excluding carboxylic acids is 1. The molecule has 1 rings (SSSR count). The molecule has 0 aliphatic rings. The summed E-state index contributed by atoms with van der Waals surface area (Å²) >= 11 is 1.33. The molecule has 4 heteroatoms. The summed E-state index contributed by atoms with van der Waals surface area (Å²) in [5.41, 5.74) is 0. The van der Waals surface area contributed by atoms with Gasteiger partial charge in [0.25, 0.3) is 0 Å². The van der Waals surface area contributed by atoms with Crippen LogP contribution in [0.1, 0.15) is 23.0 Å². The molecule has 0 aromatic carbocycles. The minimum atomic E-state index is -0.309. The van der Waals surface area contributed by atoms with Gasteiger partial charge >= 0.3 is 5.97 Å². The lowest BCUT2D eigenvalue weighted by molar-refractivity contribution is 0.0606. The van der Waals surface area contributed by atoms with Gasteiger partial charge in [-0.3, -0.25) is 0 Å². The zero-order chi connectivity index (χ0) is 9.68. The van der Waals surface area contributed by atoms with Crippen LogP contribution in [-0.2, 0) is 4.74 Å². The van der Waals surface area contributed by atoms with E-state index >= 15 is 0 Å². The number of ether oxygens (including phenoxy) is 2. The van der Waals surface area contributed by atoms with Crippen molar-refractivity contribution in [2.75, 3.05) is 13.7 Å². The number of esters is 1. The van der Waals surface area contributed by atoms with Crippen LogP contribution in [0.4, 0.5) is 0 Å². The fourth-order valence-corrected chi connectivity index (χ4v) is 1.56. The smallest absolute Gasteiger partial charge is 0.348 e. The summed E-state index contributed by atoms with van der Waals surface area (Å²) in [6, 6.07) is 1.70.